The summed E-state index contributed by atoms with van der Waals surface area (Å²) >= 11 is 0. The van der Waals surface area contributed by atoms with Crippen molar-refractivity contribution in [1.29, 1.82) is 0 Å². The van der Waals surface area contributed by atoms with Crippen LogP contribution in [-0.2, 0) is 21.4 Å². The molecule has 2 N–H and O–H groups in total. The largest absolute Gasteiger partial charge is 0.491 e. The van der Waals surface area contributed by atoms with E-state index in [0.717, 1.165) is 23.1 Å². The third-order valence-electron chi connectivity index (χ3n) is 6.41. The second-order valence-corrected chi connectivity index (χ2v) is 8.90. The Balaban J connectivity index is 1.82. The molecule has 1 aromatic heterocycles. The number of fused-ring (bicyclic) bond motifs is 2. The number of H-pyrrole nitrogens is 1. The van der Waals surface area contributed by atoms with E-state index >= 15 is 0 Å². The number of anilines is 2. The number of aromatic nitrogens is 2. The van der Waals surface area contributed by atoms with Crippen LogP contribution in [0.4, 0.5) is 42.8 Å². The predicted molar refractivity (Wildman–Crippen MR) is 130 cm³/mol. The minimum Gasteiger partial charge on any atom is -0.465 e. The van der Waals surface area contributed by atoms with Gasteiger partial charge in [0.2, 0.25) is 11.7 Å². The van der Waals surface area contributed by atoms with Gasteiger partial charge >= 0.3 is 24.4 Å². The Bertz CT molecular complexity index is 1720. The lowest BCUT2D eigenvalue weighted by molar-refractivity contribution is -0.211. The SMILES string of the molecule is CN(C(=O)O)c1nc2cc(C3(OC(=O)C(F)(F)F)c4ccccc4C(=O)N3c3cccc(C(F)(F)F)c3)ccc2[nH]1. The molecule has 1 unspecified atom stereocenters. The fraction of sp³-hybridized carbons (Fsp3) is 0.154. The summed E-state index contributed by atoms with van der Waals surface area (Å²) in [4.78, 5) is 45.5. The average Bonchev–Trinajstić information content (AvgIpc) is 3.44. The molecule has 15 heteroatoms. The third-order valence-corrected chi connectivity index (χ3v) is 6.41. The Labute approximate surface area is 225 Å². The first-order valence-corrected chi connectivity index (χ1v) is 11.5. The van der Waals surface area contributed by atoms with Gasteiger partial charge in [0.25, 0.3) is 5.91 Å². The second-order valence-electron chi connectivity index (χ2n) is 8.90. The Morgan fingerprint density at radius 3 is 2.37 bits per heavy atom. The monoisotopic (exact) mass is 578 g/mol. The van der Waals surface area contributed by atoms with Crippen molar-refractivity contribution in [1.82, 2.24) is 9.97 Å². The molecule has 41 heavy (non-hydrogen) atoms. The van der Waals surface area contributed by atoms with E-state index in [1.807, 2.05) is 0 Å². The fourth-order valence-corrected chi connectivity index (χ4v) is 4.56. The molecule has 4 aromatic rings. The van der Waals surface area contributed by atoms with Crippen LogP contribution in [0.15, 0.2) is 66.7 Å². The quantitative estimate of drug-likeness (QED) is 0.239. The van der Waals surface area contributed by atoms with Crippen LogP contribution in [0.5, 0.6) is 0 Å². The summed E-state index contributed by atoms with van der Waals surface area (Å²) in [6.07, 6.45) is -11.8. The summed E-state index contributed by atoms with van der Waals surface area (Å²) in [5.41, 5.74) is -5.01. The van der Waals surface area contributed by atoms with Crippen molar-refractivity contribution in [3.05, 3.63) is 89.0 Å². The average molecular weight is 578 g/mol. The summed E-state index contributed by atoms with van der Waals surface area (Å²) in [6, 6.07) is 12.1. The number of benzene rings is 3. The van der Waals surface area contributed by atoms with E-state index in [4.69, 9.17) is 4.74 Å². The molecular weight excluding hydrogens is 562 g/mol. The molecule has 0 saturated heterocycles. The van der Waals surface area contributed by atoms with Gasteiger partial charge in [-0.1, -0.05) is 30.3 Å². The van der Waals surface area contributed by atoms with Crippen molar-refractivity contribution in [3.63, 3.8) is 0 Å². The number of carbonyl (C=O) groups is 3. The molecule has 1 atom stereocenters. The fourth-order valence-electron chi connectivity index (χ4n) is 4.56. The molecule has 0 saturated carbocycles. The highest BCUT2D eigenvalue weighted by Gasteiger charge is 2.58. The second kappa shape index (κ2) is 9.25. The minimum absolute atomic E-state index is 0.00569. The summed E-state index contributed by atoms with van der Waals surface area (Å²) in [5.74, 6) is -3.92. The number of hydrogen-bond donors (Lipinski definition) is 2. The van der Waals surface area contributed by atoms with Gasteiger partial charge in [-0.15, -0.1) is 0 Å². The highest BCUT2D eigenvalue weighted by molar-refractivity contribution is 6.13. The van der Waals surface area contributed by atoms with Gasteiger partial charge in [0, 0.05) is 29.4 Å². The normalized spacial score (nSPS) is 17.0. The predicted octanol–water partition coefficient (Wildman–Crippen LogP) is 5.66. The topological polar surface area (TPSA) is 116 Å². The zero-order valence-corrected chi connectivity index (χ0v) is 20.5. The molecule has 0 aliphatic carbocycles. The molecule has 0 spiro atoms. The zero-order valence-electron chi connectivity index (χ0n) is 20.5. The number of carbonyl (C=O) groups excluding carboxylic acids is 2. The molecule has 3 aromatic carbocycles. The van der Waals surface area contributed by atoms with Crippen LogP contribution in [0.1, 0.15) is 27.0 Å². The first-order chi connectivity index (χ1) is 19.1. The Morgan fingerprint density at radius 2 is 1.71 bits per heavy atom. The van der Waals surface area contributed by atoms with E-state index in [1.165, 1.54) is 43.4 Å². The van der Waals surface area contributed by atoms with Gasteiger partial charge in [-0.3, -0.25) is 14.6 Å². The van der Waals surface area contributed by atoms with Gasteiger partial charge in [-0.2, -0.15) is 26.3 Å². The molecular formula is C26H16F6N4O5. The molecule has 2 heterocycles. The number of aromatic amines is 1. The maximum atomic E-state index is 13.7. The molecule has 2 amide bonds. The Kier molecular flexibility index (Phi) is 6.20. The first-order valence-electron chi connectivity index (χ1n) is 11.5. The van der Waals surface area contributed by atoms with Crippen molar-refractivity contribution in [2.75, 3.05) is 16.8 Å². The van der Waals surface area contributed by atoms with E-state index in [9.17, 15) is 45.8 Å². The highest BCUT2D eigenvalue weighted by Crippen LogP contribution is 2.49. The summed E-state index contributed by atoms with van der Waals surface area (Å²) < 4.78 is 86.8. The number of amides is 2. The summed E-state index contributed by atoms with van der Waals surface area (Å²) in [6.45, 7) is 0. The number of alkyl halides is 6. The van der Waals surface area contributed by atoms with E-state index in [-0.39, 0.29) is 33.7 Å². The lowest BCUT2D eigenvalue weighted by Gasteiger charge is -2.39. The Hall–Kier alpha value is -5.08. The number of carboxylic acid groups (broad SMARTS) is 1. The van der Waals surface area contributed by atoms with Gasteiger partial charge in [0.05, 0.1) is 16.6 Å². The molecule has 0 bridgehead atoms. The number of hydrogen-bond acceptors (Lipinski definition) is 5. The van der Waals surface area contributed by atoms with Crippen LogP contribution < -0.4 is 9.80 Å². The van der Waals surface area contributed by atoms with Crippen LogP contribution in [0.2, 0.25) is 0 Å². The maximum absolute atomic E-state index is 13.7. The number of rotatable bonds is 4. The van der Waals surface area contributed by atoms with Crippen molar-refractivity contribution < 1.29 is 50.6 Å². The van der Waals surface area contributed by atoms with Gasteiger partial charge in [-0.05, 0) is 36.4 Å². The third kappa shape index (κ3) is 4.48. The van der Waals surface area contributed by atoms with Gasteiger partial charge < -0.3 is 14.8 Å². The number of ether oxygens (including phenoxy) is 1. The summed E-state index contributed by atoms with van der Waals surface area (Å²) in [7, 11) is 1.18. The van der Waals surface area contributed by atoms with Crippen LogP contribution in [0, 0.1) is 0 Å². The standard InChI is InChI=1S/C26H16F6N4O5/c1-35(23(39)40)22-33-18-10-9-13(12-19(18)34-22)24(41-21(38)26(30,31)32)17-8-3-2-7-16(17)20(37)36(24)15-6-4-5-14(11-15)25(27,28)29/h2-12H,1H3,(H,33,34)(H,39,40). The molecule has 0 fully saturated rings. The number of halogens is 6. The molecule has 1 aliphatic heterocycles. The van der Waals surface area contributed by atoms with Crippen LogP contribution in [-0.4, -0.2) is 46.3 Å². The van der Waals surface area contributed by atoms with Crippen molar-refractivity contribution in [2.45, 2.75) is 18.1 Å². The Morgan fingerprint density at radius 1 is 1.00 bits per heavy atom. The maximum Gasteiger partial charge on any atom is 0.491 e. The number of imidazole rings is 1. The number of esters is 1. The lowest BCUT2D eigenvalue weighted by atomic mass is 9.92. The van der Waals surface area contributed by atoms with E-state index in [2.05, 4.69) is 9.97 Å². The molecule has 1 aliphatic rings. The molecule has 0 radical (unpaired) electrons. The first kappa shape index (κ1) is 27.5. The molecule has 212 valence electrons. The summed E-state index contributed by atoms with van der Waals surface area (Å²) in [5, 5.41) is 9.26. The smallest absolute Gasteiger partial charge is 0.465 e. The van der Waals surface area contributed by atoms with Gasteiger partial charge in [0.1, 0.15) is 0 Å². The van der Waals surface area contributed by atoms with E-state index < -0.39 is 47.3 Å². The van der Waals surface area contributed by atoms with Crippen LogP contribution >= 0.6 is 0 Å². The number of nitrogens with zero attached hydrogens (tertiary/aromatic N) is 3. The minimum atomic E-state index is -5.55. The van der Waals surface area contributed by atoms with E-state index in [1.54, 1.807) is 0 Å². The van der Waals surface area contributed by atoms with Gasteiger partial charge in [-0.25, -0.2) is 14.6 Å². The van der Waals surface area contributed by atoms with Gasteiger partial charge in [0.15, 0.2) is 0 Å². The number of nitrogens with one attached hydrogen (secondary N) is 1. The van der Waals surface area contributed by atoms with Crippen molar-refractivity contribution in [2.24, 2.45) is 0 Å². The molecule has 9 nitrogen and oxygen atoms in total. The zero-order chi connectivity index (χ0) is 29.9. The van der Waals surface area contributed by atoms with Crippen LogP contribution in [0.3, 0.4) is 0 Å². The van der Waals surface area contributed by atoms with Crippen molar-refractivity contribution in [3.8, 4) is 0 Å². The highest BCUT2D eigenvalue weighted by atomic mass is 19.4. The molecule has 5 rings (SSSR count). The van der Waals surface area contributed by atoms with Crippen LogP contribution in [0.25, 0.3) is 11.0 Å². The van der Waals surface area contributed by atoms with E-state index in [0.29, 0.717) is 17.0 Å². The van der Waals surface area contributed by atoms with Crippen molar-refractivity contribution >= 4 is 40.6 Å². The lowest BCUT2D eigenvalue weighted by Crippen LogP contribution is -2.50.